The van der Waals surface area contributed by atoms with Crippen molar-refractivity contribution in [3.8, 4) is 5.75 Å². The molecule has 1 amide bonds. The van der Waals surface area contributed by atoms with Crippen molar-refractivity contribution in [2.45, 2.75) is 57.1 Å². The Hall–Kier alpha value is -2.24. The predicted octanol–water partition coefficient (Wildman–Crippen LogP) is 3.33. The van der Waals surface area contributed by atoms with Crippen LogP contribution < -0.4 is 5.32 Å². The molecule has 146 valence electrons. The number of alkyl carbamates (subject to hydrolysis) is 1. The van der Waals surface area contributed by atoms with Crippen molar-refractivity contribution in [3.05, 3.63) is 29.8 Å². The van der Waals surface area contributed by atoms with Crippen molar-refractivity contribution in [2.24, 2.45) is 23.7 Å². The third kappa shape index (κ3) is 3.62. The number of aromatic hydroxyl groups is 1. The summed E-state index contributed by atoms with van der Waals surface area (Å²) in [6.45, 7) is 1.49. The van der Waals surface area contributed by atoms with Gasteiger partial charge in [-0.2, -0.15) is 0 Å². The van der Waals surface area contributed by atoms with Crippen LogP contribution in [0.5, 0.6) is 5.75 Å². The van der Waals surface area contributed by atoms with E-state index in [0.29, 0.717) is 17.4 Å². The molecule has 1 atom stereocenters. The zero-order chi connectivity index (χ0) is 19.2. The zero-order valence-electron chi connectivity index (χ0n) is 15.6. The minimum atomic E-state index is -1.47. The number of carbonyl (C=O) groups is 2. The van der Waals surface area contributed by atoms with E-state index in [0.717, 1.165) is 37.5 Å². The lowest BCUT2D eigenvalue weighted by Crippen LogP contribution is -2.56. The Kier molecular flexibility index (Phi) is 4.52. The van der Waals surface area contributed by atoms with Gasteiger partial charge in [-0.1, -0.05) is 12.1 Å². The molecule has 3 N–H and O–H groups in total. The number of carboxylic acid groups (broad SMARTS) is 1. The number of phenolic OH excluding ortho intramolecular Hbond substituents is 1. The maximum absolute atomic E-state index is 12.6. The molecular formula is C21H27NO5. The average molecular weight is 373 g/mol. The van der Waals surface area contributed by atoms with Gasteiger partial charge >= 0.3 is 12.1 Å². The number of benzene rings is 1. The molecule has 4 bridgehead atoms. The van der Waals surface area contributed by atoms with Gasteiger partial charge in [0.1, 0.15) is 17.4 Å². The lowest BCUT2D eigenvalue weighted by Gasteiger charge is -2.53. The van der Waals surface area contributed by atoms with Crippen LogP contribution in [0.1, 0.15) is 44.6 Å². The minimum Gasteiger partial charge on any atom is -0.508 e. The Labute approximate surface area is 158 Å². The molecule has 4 fully saturated rings. The first-order valence-electron chi connectivity index (χ1n) is 9.82. The van der Waals surface area contributed by atoms with Crippen LogP contribution in [0.3, 0.4) is 0 Å². The third-order valence-electron chi connectivity index (χ3n) is 6.73. The number of carboxylic acids is 1. The van der Waals surface area contributed by atoms with Crippen LogP contribution in [0, 0.1) is 23.7 Å². The number of hydrogen-bond donors (Lipinski definition) is 3. The standard InChI is InChI=1S/C21H27NO5/c1-21(19(24)25,11-12-2-4-17(23)5-3-12)22-20(26)27-18-15-7-13-6-14(9-15)10-16(18)8-13/h2-5,13-16,18,23H,6-11H2,1H3,(H,22,26)(H,24,25). The SMILES string of the molecule is CC(Cc1ccc(O)cc1)(NC(=O)OC1C2CC3CC(C2)CC1C3)C(=O)O. The molecule has 27 heavy (non-hydrogen) atoms. The number of nitrogens with one attached hydrogen (secondary N) is 1. The van der Waals surface area contributed by atoms with Crippen molar-refractivity contribution in [2.75, 3.05) is 0 Å². The van der Waals surface area contributed by atoms with Gasteiger partial charge in [0.25, 0.3) is 0 Å². The third-order valence-corrected chi connectivity index (χ3v) is 6.73. The average Bonchev–Trinajstić information content (AvgIpc) is 2.59. The van der Waals surface area contributed by atoms with Crippen molar-refractivity contribution < 1.29 is 24.5 Å². The molecule has 4 aliphatic rings. The molecule has 0 heterocycles. The van der Waals surface area contributed by atoms with Gasteiger partial charge in [0.05, 0.1) is 0 Å². The van der Waals surface area contributed by atoms with Gasteiger partial charge in [-0.05, 0) is 80.4 Å². The fraction of sp³-hybridized carbons (Fsp3) is 0.619. The van der Waals surface area contributed by atoms with Gasteiger partial charge in [0.15, 0.2) is 0 Å². The van der Waals surface area contributed by atoms with Crippen molar-refractivity contribution in [3.63, 3.8) is 0 Å². The van der Waals surface area contributed by atoms with E-state index < -0.39 is 17.6 Å². The molecular weight excluding hydrogens is 346 g/mol. The summed E-state index contributed by atoms with van der Waals surface area (Å²) < 4.78 is 5.78. The zero-order valence-corrected chi connectivity index (χ0v) is 15.6. The summed E-state index contributed by atoms with van der Waals surface area (Å²) in [5, 5.41) is 21.7. The highest BCUT2D eigenvalue weighted by molar-refractivity contribution is 5.84. The molecule has 1 unspecified atom stereocenters. The summed E-state index contributed by atoms with van der Waals surface area (Å²) in [4.78, 5) is 24.4. The molecule has 0 aliphatic heterocycles. The van der Waals surface area contributed by atoms with E-state index in [1.807, 2.05) is 0 Å². The molecule has 6 nitrogen and oxygen atoms in total. The molecule has 0 aromatic heterocycles. The monoisotopic (exact) mass is 373 g/mol. The highest BCUT2D eigenvalue weighted by Crippen LogP contribution is 2.54. The Balaban J connectivity index is 1.41. The van der Waals surface area contributed by atoms with Gasteiger partial charge in [0.2, 0.25) is 0 Å². The van der Waals surface area contributed by atoms with E-state index in [4.69, 9.17) is 4.74 Å². The summed E-state index contributed by atoms with van der Waals surface area (Å²) in [6, 6.07) is 6.32. The normalized spacial score (nSPS) is 33.3. The Morgan fingerprint density at radius 1 is 1.07 bits per heavy atom. The summed E-state index contributed by atoms with van der Waals surface area (Å²) in [5.74, 6) is 1.44. The number of hydrogen-bond acceptors (Lipinski definition) is 4. The van der Waals surface area contributed by atoms with Gasteiger partial charge in [-0.15, -0.1) is 0 Å². The van der Waals surface area contributed by atoms with Crippen LogP contribution in [0.15, 0.2) is 24.3 Å². The van der Waals surface area contributed by atoms with E-state index in [2.05, 4.69) is 5.32 Å². The largest absolute Gasteiger partial charge is 0.508 e. The number of aliphatic carboxylic acids is 1. The van der Waals surface area contributed by atoms with E-state index >= 15 is 0 Å². The fourth-order valence-electron chi connectivity index (χ4n) is 5.64. The molecule has 0 saturated heterocycles. The highest BCUT2D eigenvalue weighted by Gasteiger charge is 2.50. The van der Waals surface area contributed by atoms with Crippen molar-refractivity contribution in [1.29, 1.82) is 0 Å². The van der Waals surface area contributed by atoms with Crippen LogP contribution in [0.25, 0.3) is 0 Å². The van der Waals surface area contributed by atoms with Crippen LogP contribution in [0.2, 0.25) is 0 Å². The number of rotatable bonds is 5. The highest BCUT2D eigenvalue weighted by atomic mass is 16.6. The first-order valence-corrected chi connectivity index (χ1v) is 9.82. The molecule has 0 radical (unpaired) electrons. The second kappa shape index (κ2) is 6.73. The van der Waals surface area contributed by atoms with Gasteiger partial charge in [-0.3, -0.25) is 0 Å². The van der Waals surface area contributed by atoms with Gasteiger partial charge in [0, 0.05) is 6.42 Å². The number of phenols is 1. The molecule has 4 aliphatic carbocycles. The number of ether oxygens (including phenoxy) is 1. The lowest BCUT2D eigenvalue weighted by molar-refractivity contribution is -0.144. The summed E-state index contributed by atoms with van der Waals surface area (Å²) in [6.07, 6.45) is 5.25. The second-order valence-corrected chi connectivity index (χ2v) is 8.91. The van der Waals surface area contributed by atoms with E-state index in [9.17, 15) is 19.8 Å². The quantitative estimate of drug-likeness (QED) is 0.736. The fourth-order valence-corrected chi connectivity index (χ4v) is 5.64. The van der Waals surface area contributed by atoms with Crippen LogP contribution in [-0.2, 0) is 16.0 Å². The minimum absolute atomic E-state index is 0.0792. The molecule has 1 aromatic carbocycles. The maximum Gasteiger partial charge on any atom is 0.408 e. The first-order chi connectivity index (χ1) is 12.8. The molecule has 5 rings (SSSR count). The summed E-state index contributed by atoms with van der Waals surface area (Å²) in [7, 11) is 0. The van der Waals surface area contributed by atoms with Gasteiger partial charge in [-0.25, -0.2) is 9.59 Å². The van der Waals surface area contributed by atoms with E-state index in [-0.39, 0.29) is 18.3 Å². The number of amides is 1. The van der Waals surface area contributed by atoms with Crippen molar-refractivity contribution in [1.82, 2.24) is 5.32 Å². The van der Waals surface area contributed by atoms with Crippen LogP contribution in [-0.4, -0.2) is 33.9 Å². The summed E-state index contributed by atoms with van der Waals surface area (Å²) in [5.41, 5.74) is -0.757. The van der Waals surface area contributed by atoms with Crippen LogP contribution in [0.4, 0.5) is 4.79 Å². The molecule has 0 spiro atoms. The topological polar surface area (TPSA) is 95.9 Å². The van der Waals surface area contributed by atoms with E-state index in [1.165, 1.54) is 25.5 Å². The summed E-state index contributed by atoms with van der Waals surface area (Å²) >= 11 is 0. The second-order valence-electron chi connectivity index (χ2n) is 8.91. The Morgan fingerprint density at radius 2 is 1.63 bits per heavy atom. The predicted molar refractivity (Wildman–Crippen MR) is 98.3 cm³/mol. The Morgan fingerprint density at radius 3 is 2.15 bits per heavy atom. The molecule has 4 saturated carbocycles. The van der Waals surface area contributed by atoms with E-state index in [1.54, 1.807) is 12.1 Å². The van der Waals surface area contributed by atoms with Crippen LogP contribution >= 0.6 is 0 Å². The molecule has 6 heteroatoms. The first kappa shape index (κ1) is 18.1. The number of carbonyl (C=O) groups excluding carboxylic acids is 1. The molecule has 1 aromatic rings. The smallest absolute Gasteiger partial charge is 0.408 e. The maximum atomic E-state index is 12.6. The van der Waals surface area contributed by atoms with Gasteiger partial charge < -0.3 is 20.3 Å². The Bertz CT molecular complexity index is 703. The lowest BCUT2D eigenvalue weighted by atomic mass is 9.55. The van der Waals surface area contributed by atoms with Crippen molar-refractivity contribution >= 4 is 12.1 Å².